The molecule has 1 unspecified atom stereocenters. The van der Waals surface area contributed by atoms with Crippen LogP contribution in [0, 0.1) is 16.0 Å². The van der Waals surface area contributed by atoms with E-state index in [4.69, 9.17) is 10.5 Å². The van der Waals surface area contributed by atoms with Crippen LogP contribution in [0.1, 0.15) is 19.3 Å². The minimum absolute atomic E-state index is 0.0680. The molecule has 0 radical (unpaired) electrons. The van der Waals surface area contributed by atoms with E-state index >= 15 is 0 Å². The lowest BCUT2D eigenvalue weighted by Crippen LogP contribution is -2.42. The van der Waals surface area contributed by atoms with Crippen LogP contribution in [-0.4, -0.2) is 54.4 Å². The van der Waals surface area contributed by atoms with Crippen LogP contribution in [0.2, 0.25) is 0 Å². The number of nitrogens with zero attached hydrogens (tertiary/aromatic N) is 2. The number of piperidine rings is 1. The van der Waals surface area contributed by atoms with E-state index in [2.05, 4.69) is 10.2 Å². The van der Waals surface area contributed by atoms with E-state index in [1.54, 1.807) is 6.07 Å². The average molecular weight is 364 g/mol. The van der Waals surface area contributed by atoms with Gasteiger partial charge in [-0.05, 0) is 38.4 Å². The van der Waals surface area contributed by atoms with Crippen molar-refractivity contribution < 1.29 is 19.2 Å². The second-order valence-corrected chi connectivity index (χ2v) is 6.26. The van der Waals surface area contributed by atoms with E-state index in [0.29, 0.717) is 13.1 Å². The topological polar surface area (TPSA) is 128 Å². The summed E-state index contributed by atoms with van der Waals surface area (Å²) < 4.78 is 5.23. The summed E-state index contributed by atoms with van der Waals surface area (Å²) in [5.41, 5.74) is 5.18. The number of carbonyl (C=O) groups is 2. The zero-order valence-electron chi connectivity index (χ0n) is 14.6. The highest BCUT2D eigenvalue weighted by Gasteiger charge is 2.23. The minimum Gasteiger partial charge on any atom is -0.477 e. The second-order valence-electron chi connectivity index (χ2n) is 6.26. The largest absolute Gasteiger partial charge is 0.477 e. The highest BCUT2D eigenvalue weighted by molar-refractivity contribution is 5.77. The zero-order chi connectivity index (χ0) is 18.9. The zero-order valence-corrected chi connectivity index (χ0v) is 14.6. The van der Waals surface area contributed by atoms with Gasteiger partial charge in [-0.25, -0.2) is 0 Å². The molecule has 0 saturated carbocycles. The first-order valence-electron chi connectivity index (χ1n) is 8.62. The third kappa shape index (κ3) is 5.99. The number of ether oxygens (including phenoxy) is 1. The molecule has 1 saturated heterocycles. The van der Waals surface area contributed by atoms with Gasteiger partial charge in [0.25, 0.3) is 5.91 Å². The van der Waals surface area contributed by atoms with Crippen LogP contribution in [-0.2, 0) is 9.59 Å². The Hall–Kier alpha value is -2.68. The van der Waals surface area contributed by atoms with Crippen LogP contribution >= 0.6 is 0 Å². The number of benzene rings is 1. The van der Waals surface area contributed by atoms with Crippen molar-refractivity contribution in [3.8, 4) is 5.75 Å². The van der Waals surface area contributed by atoms with Crippen molar-refractivity contribution >= 4 is 17.5 Å². The van der Waals surface area contributed by atoms with Crippen LogP contribution in [0.5, 0.6) is 5.75 Å². The Kier molecular flexibility index (Phi) is 7.34. The van der Waals surface area contributed by atoms with Crippen molar-refractivity contribution in [2.24, 2.45) is 11.7 Å². The molecule has 142 valence electrons. The van der Waals surface area contributed by atoms with Gasteiger partial charge in [0, 0.05) is 19.2 Å². The Morgan fingerprint density at radius 1 is 1.38 bits per heavy atom. The predicted molar refractivity (Wildman–Crippen MR) is 94.6 cm³/mol. The number of nitro benzene ring substituents is 1. The number of nitrogens with two attached hydrogens (primary N) is 1. The van der Waals surface area contributed by atoms with Gasteiger partial charge >= 0.3 is 5.69 Å². The summed E-state index contributed by atoms with van der Waals surface area (Å²) in [6.07, 6.45) is 2.53. The standard InChI is InChI=1S/C17H24N4O5/c18-17(23)13-5-3-9-20(11-13)10-4-8-19-16(22)12-26-15-7-2-1-6-14(15)21(24)25/h1-2,6-7,13H,3-5,8-12H2,(H2,18,23)(H,19,22). The molecule has 1 heterocycles. The summed E-state index contributed by atoms with van der Waals surface area (Å²) in [5, 5.41) is 13.6. The second kappa shape index (κ2) is 9.71. The molecule has 0 bridgehead atoms. The van der Waals surface area contributed by atoms with Crippen LogP contribution in [0.15, 0.2) is 24.3 Å². The third-order valence-corrected chi connectivity index (χ3v) is 4.30. The van der Waals surface area contributed by atoms with Gasteiger partial charge in [-0.15, -0.1) is 0 Å². The molecule has 1 fully saturated rings. The summed E-state index contributed by atoms with van der Waals surface area (Å²) in [6, 6.07) is 5.93. The van der Waals surface area contributed by atoms with Crippen molar-refractivity contribution in [1.82, 2.24) is 10.2 Å². The molecule has 1 atom stereocenters. The van der Waals surface area contributed by atoms with E-state index in [1.165, 1.54) is 18.2 Å². The van der Waals surface area contributed by atoms with E-state index in [0.717, 1.165) is 32.4 Å². The first-order valence-corrected chi connectivity index (χ1v) is 8.62. The molecular weight excluding hydrogens is 340 g/mol. The fourth-order valence-corrected chi connectivity index (χ4v) is 2.95. The molecule has 1 aromatic rings. The number of carbonyl (C=O) groups excluding carboxylic acids is 2. The van der Waals surface area contributed by atoms with Crippen molar-refractivity contribution in [3.63, 3.8) is 0 Å². The Morgan fingerprint density at radius 2 is 2.15 bits per heavy atom. The molecule has 3 N–H and O–H groups in total. The lowest BCUT2D eigenvalue weighted by atomic mass is 9.97. The lowest BCUT2D eigenvalue weighted by molar-refractivity contribution is -0.385. The van der Waals surface area contributed by atoms with Crippen LogP contribution in [0.3, 0.4) is 0 Å². The molecule has 1 aromatic carbocycles. The Bertz CT molecular complexity index is 652. The van der Waals surface area contributed by atoms with Gasteiger partial charge in [-0.2, -0.15) is 0 Å². The number of hydrogen-bond acceptors (Lipinski definition) is 6. The summed E-state index contributed by atoms with van der Waals surface area (Å²) in [6.45, 7) is 2.56. The van der Waals surface area contributed by atoms with Gasteiger partial charge < -0.3 is 20.7 Å². The fraction of sp³-hybridized carbons (Fsp3) is 0.529. The average Bonchev–Trinajstić information content (AvgIpc) is 2.64. The molecule has 1 aliphatic heterocycles. The maximum Gasteiger partial charge on any atom is 0.310 e. The molecule has 26 heavy (non-hydrogen) atoms. The van der Waals surface area contributed by atoms with Gasteiger partial charge in [0.1, 0.15) is 0 Å². The first-order chi connectivity index (χ1) is 12.5. The number of hydrogen-bond donors (Lipinski definition) is 2. The van der Waals surface area contributed by atoms with E-state index in [-0.39, 0.29) is 35.8 Å². The molecule has 1 aliphatic rings. The number of amides is 2. The van der Waals surface area contributed by atoms with Gasteiger partial charge in [-0.3, -0.25) is 19.7 Å². The van der Waals surface area contributed by atoms with E-state index in [9.17, 15) is 19.7 Å². The number of nitro groups is 1. The normalized spacial score (nSPS) is 17.5. The van der Waals surface area contributed by atoms with Crippen LogP contribution in [0.4, 0.5) is 5.69 Å². The summed E-state index contributed by atoms with van der Waals surface area (Å²) in [7, 11) is 0. The molecule has 2 rings (SSSR count). The molecule has 9 nitrogen and oxygen atoms in total. The maximum absolute atomic E-state index is 11.8. The Balaban J connectivity index is 1.65. The Morgan fingerprint density at radius 3 is 2.88 bits per heavy atom. The SMILES string of the molecule is NC(=O)C1CCCN(CCCNC(=O)COc2ccccc2[N+](=O)[O-])C1. The van der Waals surface area contributed by atoms with Crippen molar-refractivity contribution in [2.45, 2.75) is 19.3 Å². The summed E-state index contributed by atoms with van der Waals surface area (Å²) in [5.74, 6) is -0.612. The van der Waals surface area contributed by atoms with Crippen molar-refractivity contribution in [2.75, 3.05) is 32.8 Å². The number of rotatable bonds is 9. The minimum atomic E-state index is -0.550. The molecule has 0 aliphatic carbocycles. The van der Waals surface area contributed by atoms with Crippen molar-refractivity contribution in [3.05, 3.63) is 34.4 Å². The number of nitrogens with one attached hydrogen (secondary N) is 1. The molecular formula is C17H24N4O5. The summed E-state index contributed by atoms with van der Waals surface area (Å²) in [4.78, 5) is 35.6. The highest BCUT2D eigenvalue weighted by Crippen LogP contribution is 2.25. The van der Waals surface area contributed by atoms with E-state index < -0.39 is 4.92 Å². The van der Waals surface area contributed by atoms with Crippen LogP contribution in [0.25, 0.3) is 0 Å². The smallest absolute Gasteiger partial charge is 0.310 e. The Labute approximate surface area is 151 Å². The van der Waals surface area contributed by atoms with E-state index in [1.807, 2.05) is 0 Å². The third-order valence-electron chi connectivity index (χ3n) is 4.30. The molecule has 9 heteroatoms. The monoisotopic (exact) mass is 364 g/mol. The van der Waals surface area contributed by atoms with Crippen molar-refractivity contribution in [1.29, 1.82) is 0 Å². The number of para-hydroxylation sites is 2. The van der Waals surface area contributed by atoms with Gasteiger partial charge in [-0.1, -0.05) is 12.1 Å². The fourth-order valence-electron chi connectivity index (χ4n) is 2.95. The molecule has 2 amide bonds. The lowest BCUT2D eigenvalue weighted by Gasteiger charge is -2.31. The van der Waals surface area contributed by atoms with Gasteiger partial charge in [0.2, 0.25) is 5.91 Å². The number of likely N-dealkylation sites (tertiary alicyclic amines) is 1. The first kappa shape index (κ1) is 19.6. The highest BCUT2D eigenvalue weighted by atomic mass is 16.6. The van der Waals surface area contributed by atoms with Crippen LogP contribution < -0.4 is 15.8 Å². The quantitative estimate of drug-likeness (QED) is 0.377. The predicted octanol–water partition coefficient (Wildman–Crippen LogP) is 0.677. The summed E-state index contributed by atoms with van der Waals surface area (Å²) >= 11 is 0. The van der Waals surface area contributed by atoms with Gasteiger partial charge in [0.05, 0.1) is 10.8 Å². The van der Waals surface area contributed by atoms with Gasteiger partial charge in [0.15, 0.2) is 12.4 Å². The maximum atomic E-state index is 11.8. The molecule has 0 spiro atoms. The number of primary amides is 1. The molecule has 0 aromatic heterocycles.